The number of aromatic amines is 1. The number of piperidine rings is 1. The second kappa shape index (κ2) is 7.69. The molecule has 4 heterocycles. The van der Waals surface area contributed by atoms with Crippen LogP contribution in [-0.2, 0) is 0 Å². The number of aromatic nitrogens is 5. The van der Waals surface area contributed by atoms with E-state index >= 15 is 0 Å². The zero-order valence-corrected chi connectivity index (χ0v) is 17.8. The predicted octanol–water partition coefficient (Wildman–Crippen LogP) is 4.69. The molecule has 2 N–H and O–H groups in total. The first-order valence-corrected chi connectivity index (χ1v) is 10.8. The summed E-state index contributed by atoms with van der Waals surface area (Å²) in [5.41, 5.74) is 9.00. The van der Waals surface area contributed by atoms with Gasteiger partial charge in [0.1, 0.15) is 6.33 Å². The highest BCUT2D eigenvalue weighted by atomic mass is 15.3. The van der Waals surface area contributed by atoms with Crippen LogP contribution in [0.1, 0.15) is 55.2 Å². The van der Waals surface area contributed by atoms with E-state index in [4.69, 9.17) is 5.10 Å². The van der Waals surface area contributed by atoms with Gasteiger partial charge in [0.2, 0.25) is 0 Å². The van der Waals surface area contributed by atoms with Gasteiger partial charge in [-0.15, -0.1) is 0 Å². The van der Waals surface area contributed by atoms with Crippen molar-refractivity contribution < 1.29 is 0 Å². The molecule has 4 aromatic rings. The number of benzene rings is 1. The first kappa shape index (κ1) is 19.0. The van der Waals surface area contributed by atoms with Gasteiger partial charge >= 0.3 is 0 Å². The molecule has 0 bridgehead atoms. The van der Waals surface area contributed by atoms with E-state index in [9.17, 15) is 0 Å². The normalized spacial score (nSPS) is 15.3. The molecule has 1 aromatic carbocycles. The molecule has 6 nitrogen and oxygen atoms in total. The molecule has 1 fully saturated rings. The quantitative estimate of drug-likeness (QED) is 0.522. The molecule has 30 heavy (non-hydrogen) atoms. The molecular formula is C24H28N6. The molecule has 0 amide bonds. The highest BCUT2D eigenvalue weighted by Gasteiger charge is 2.21. The maximum atomic E-state index is 4.73. The minimum Gasteiger partial charge on any atom is -0.317 e. The number of pyridine rings is 1. The van der Waals surface area contributed by atoms with Crippen molar-refractivity contribution in [2.75, 3.05) is 13.1 Å². The van der Waals surface area contributed by atoms with Gasteiger partial charge in [-0.2, -0.15) is 10.2 Å². The lowest BCUT2D eigenvalue weighted by Gasteiger charge is -2.23. The Morgan fingerprint density at radius 3 is 2.57 bits per heavy atom. The van der Waals surface area contributed by atoms with E-state index in [1.165, 1.54) is 29.5 Å². The van der Waals surface area contributed by atoms with Gasteiger partial charge in [-0.25, -0.2) is 9.50 Å². The van der Waals surface area contributed by atoms with Crippen LogP contribution in [0, 0.1) is 6.92 Å². The summed E-state index contributed by atoms with van der Waals surface area (Å²) in [6.07, 6.45) is 6.04. The maximum Gasteiger partial charge on any atom is 0.158 e. The van der Waals surface area contributed by atoms with E-state index in [2.05, 4.69) is 71.6 Å². The largest absolute Gasteiger partial charge is 0.317 e. The molecule has 0 atom stereocenters. The summed E-state index contributed by atoms with van der Waals surface area (Å²) < 4.78 is 1.83. The van der Waals surface area contributed by atoms with Crippen LogP contribution in [0.3, 0.4) is 0 Å². The number of aryl methyl sites for hydroxylation is 1. The van der Waals surface area contributed by atoms with Crippen molar-refractivity contribution in [1.82, 2.24) is 30.1 Å². The minimum atomic E-state index is 0.338. The van der Waals surface area contributed by atoms with Gasteiger partial charge in [0, 0.05) is 17.3 Å². The Morgan fingerprint density at radius 2 is 1.83 bits per heavy atom. The van der Waals surface area contributed by atoms with Gasteiger partial charge in [-0.3, -0.25) is 5.10 Å². The van der Waals surface area contributed by atoms with Crippen molar-refractivity contribution in [3.63, 3.8) is 0 Å². The van der Waals surface area contributed by atoms with Crippen LogP contribution in [0.15, 0.2) is 42.9 Å². The average Bonchev–Trinajstić information content (AvgIpc) is 3.42. The lowest BCUT2D eigenvalue weighted by atomic mass is 9.88. The minimum absolute atomic E-state index is 0.338. The van der Waals surface area contributed by atoms with Crippen LogP contribution in [-0.4, -0.2) is 37.9 Å². The van der Waals surface area contributed by atoms with E-state index < -0.39 is 0 Å². The number of hydrogen-bond donors (Lipinski definition) is 2. The van der Waals surface area contributed by atoms with Crippen molar-refractivity contribution in [3.8, 4) is 22.5 Å². The fourth-order valence-corrected chi connectivity index (χ4v) is 4.65. The van der Waals surface area contributed by atoms with Gasteiger partial charge < -0.3 is 5.32 Å². The Bertz CT molecular complexity index is 1160. The van der Waals surface area contributed by atoms with Crippen LogP contribution in [0.5, 0.6) is 0 Å². The van der Waals surface area contributed by atoms with Crippen LogP contribution in [0.2, 0.25) is 0 Å². The summed E-state index contributed by atoms with van der Waals surface area (Å²) >= 11 is 0. The van der Waals surface area contributed by atoms with E-state index in [-0.39, 0.29) is 0 Å². The smallest absolute Gasteiger partial charge is 0.158 e. The van der Waals surface area contributed by atoms with Crippen molar-refractivity contribution in [2.24, 2.45) is 0 Å². The predicted molar refractivity (Wildman–Crippen MR) is 120 cm³/mol. The SMILES string of the molecule is Cc1cc(-c2n[nH]c(-c3ccc(C4CCNCC4)cc3)c2C(C)C)cn2ncnc12. The third-order valence-electron chi connectivity index (χ3n) is 6.22. The zero-order valence-electron chi connectivity index (χ0n) is 17.8. The van der Waals surface area contributed by atoms with Gasteiger partial charge in [-0.05, 0) is 67.4 Å². The Hall–Kier alpha value is -2.99. The van der Waals surface area contributed by atoms with Crippen molar-refractivity contribution >= 4 is 5.65 Å². The summed E-state index contributed by atoms with van der Waals surface area (Å²) in [6, 6.07) is 11.2. The lowest BCUT2D eigenvalue weighted by molar-refractivity contribution is 0.460. The first-order chi connectivity index (χ1) is 14.6. The fraction of sp³-hybridized carbons (Fsp3) is 0.375. The second-order valence-corrected chi connectivity index (χ2v) is 8.60. The molecule has 1 aliphatic heterocycles. The van der Waals surface area contributed by atoms with E-state index in [0.29, 0.717) is 11.8 Å². The lowest BCUT2D eigenvalue weighted by Crippen LogP contribution is -2.26. The first-order valence-electron chi connectivity index (χ1n) is 10.8. The molecule has 0 radical (unpaired) electrons. The summed E-state index contributed by atoms with van der Waals surface area (Å²) in [5.74, 6) is 1.00. The molecule has 0 unspecified atom stereocenters. The highest BCUT2D eigenvalue weighted by Crippen LogP contribution is 2.36. The van der Waals surface area contributed by atoms with E-state index in [1.807, 2.05) is 10.7 Å². The van der Waals surface area contributed by atoms with E-state index in [1.54, 1.807) is 6.33 Å². The Balaban J connectivity index is 1.54. The standard InChI is InChI=1S/C24H28N6/c1-15(2)21-22(19-6-4-17(5-7-19)18-8-10-25-11-9-18)28-29-23(21)20-12-16(3)24-26-14-27-30(24)13-20/h4-7,12-15,18,25H,8-11H2,1-3H3,(H,28,29). The van der Waals surface area contributed by atoms with Crippen molar-refractivity contribution in [3.05, 3.63) is 59.5 Å². The molecule has 1 aliphatic rings. The number of hydrogen-bond acceptors (Lipinski definition) is 4. The Morgan fingerprint density at radius 1 is 1.07 bits per heavy atom. The molecule has 0 aliphatic carbocycles. The van der Waals surface area contributed by atoms with Crippen LogP contribution in [0.25, 0.3) is 28.2 Å². The number of rotatable bonds is 4. The number of nitrogens with one attached hydrogen (secondary N) is 2. The van der Waals surface area contributed by atoms with Gasteiger partial charge in [0.25, 0.3) is 0 Å². The Labute approximate surface area is 176 Å². The highest BCUT2D eigenvalue weighted by molar-refractivity contribution is 5.75. The number of H-pyrrole nitrogens is 1. The topological polar surface area (TPSA) is 70.9 Å². The van der Waals surface area contributed by atoms with Crippen molar-refractivity contribution in [2.45, 2.75) is 45.4 Å². The molecule has 5 rings (SSSR count). The summed E-state index contributed by atoms with van der Waals surface area (Å²) in [5, 5.41) is 15.8. The maximum absolute atomic E-state index is 4.73. The Kier molecular flexibility index (Phi) is 4.87. The molecule has 6 heteroatoms. The monoisotopic (exact) mass is 400 g/mol. The summed E-state index contributed by atoms with van der Waals surface area (Å²) in [6.45, 7) is 8.74. The third kappa shape index (κ3) is 3.31. The number of nitrogens with zero attached hydrogens (tertiary/aromatic N) is 4. The van der Waals surface area contributed by atoms with Gasteiger partial charge in [0.05, 0.1) is 11.4 Å². The van der Waals surface area contributed by atoms with E-state index in [0.717, 1.165) is 41.3 Å². The van der Waals surface area contributed by atoms with Crippen LogP contribution >= 0.6 is 0 Å². The molecule has 1 saturated heterocycles. The van der Waals surface area contributed by atoms with Gasteiger partial charge in [0.15, 0.2) is 5.65 Å². The molecule has 0 saturated carbocycles. The average molecular weight is 401 g/mol. The molecule has 3 aromatic heterocycles. The van der Waals surface area contributed by atoms with Gasteiger partial charge in [-0.1, -0.05) is 38.1 Å². The molecular weight excluding hydrogens is 372 g/mol. The molecule has 154 valence electrons. The summed E-state index contributed by atoms with van der Waals surface area (Å²) in [4.78, 5) is 4.33. The second-order valence-electron chi connectivity index (χ2n) is 8.60. The summed E-state index contributed by atoms with van der Waals surface area (Å²) in [7, 11) is 0. The molecule has 0 spiro atoms. The van der Waals surface area contributed by atoms with Crippen LogP contribution in [0.4, 0.5) is 0 Å². The third-order valence-corrected chi connectivity index (χ3v) is 6.22. The number of fused-ring (bicyclic) bond motifs is 1. The van der Waals surface area contributed by atoms with Crippen LogP contribution < -0.4 is 5.32 Å². The zero-order chi connectivity index (χ0) is 20.7. The van der Waals surface area contributed by atoms with Crippen molar-refractivity contribution in [1.29, 1.82) is 0 Å². The fourth-order valence-electron chi connectivity index (χ4n) is 4.65.